The van der Waals surface area contributed by atoms with E-state index in [0.29, 0.717) is 10.3 Å². The number of esters is 1. The molecule has 2 aromatic rings. The predicted octanol–water partition coefficient (Wildman–Crippen LogP) is 2.45. The van der Waals surface area contributed by atoms with Gasteiger partial charge in [-0.15, -0.1) is 0 Å². The number of nitrogen functional groups attached to an aromatic ring is 1. The quantitative estimate of drug-likeness (QED) is 0.860. The molecule has 1 aromatic heterocycles. The first kappa shape index (κ1) is 13.5. The van der Waals surface area contributed by atoms with Crippen molar-refractivity contribution in [1.29, 1.82) is 0 Å². The number of rotatable bonds is 2. The summed E-state index contributed by atoms with van der Waals surface area (Å²) in [7, 11) is 1.23. The summed E-state index contributed by atoms with van der Waals surface area (Å²) in [5.74, 6) is -0.683. The average Bonchev–Trinajstić information content (AvgIpc) is 2.67. The number of nitrogens with two attached hydrogens (primary N) is 1. The minimum Gasteiger partial charge on any atom is -0.464 e. The van der Waals surface area contributed by atoms with Crippen LogP contribution >= 0.6 is 15.9 Å². The number of imidazole rings is 1. The predicted molar refractivity (Wildman–Crippen MR) is 71.7 cm³/mol. The zero-order valence-electron chi connectivity index (χ0n) is 10.3. The van der Waals surface area contributed by atoms with E-state index >= 15 is 0 Å². The van der Waals surface area contributed by atoms with E-state index in [4.69, 9.17) is 5.73 Å². The lowest BCUT2D eigenvalue weighted by atomic mass is 10.3. The molecule has 0 amide bonds. The number of benzene rings is 1. The molecule has 1 heterocycles. The third kappa shape index (κ3) is 2.33. The van der Waals surface area contributed by atoms with Gasteiger partial charge in [0.2, 0.25) is 0 Å². The molecule has 0 saturated heterocycles. The fourth-order valence-electron chi connectivity index (χ4n) is 1.76. The lowest BCUT2D eigenvalue weighted by Crippen LogP contribution is -2.08. The van der Waals surface area contributed by atoms with Crippen molar-refractivity contribution >= 4 is 27.7 Å². The Labute approximate surface area is 117 Å². The standard InChI is InChI=1S/C12H11BrFN3O2/c1-6-16-10(12(18)19-2)11(15)17(6)9-5-7(13)3-4-8(9)14/h3-5H,15H2,1-2H3. The molecule has 5 nitrogen and oxygen atoms in total. The first-order valence-corrected chi connectivity index (χ1v) is 6.13. The highest BCUT2D eigenvalue weighted by atomic mass is 79.9. The summed E-state index contributed by atoms with van der Waals surface area (Å²) in [6.45, 7) is 1.63. The van der Waals surface area contributed by atoms with Gasteiger partial charge in [0.1, 0.15) is 17.5 Å². The van der Waals surface area contributed by atoms with Crippen molar-refractivity contribution in [2.45, 2.75) is 6.92 Å². The minimum atomic E-state index is -0.658. The van der Waals surface area contributed by atoms with Crippen molar-refractivity contribution in [2.75, 3.05) is 12.8 Å². The van der Waals surface area contributed by atoms with E-state index in [1.807, 2.05) is 0 Å². The largest absolute Gasteiger partial charge is 0.464 e. The topological polar surface area (TPSA) is 70.1 Å². The average molecular weight is 328 g/mol. The second-order valence-electron chi connectivity index (χ2n) is 3.82. The summed E-state index contributed by atoms with van der Waals surface area (Å²) >= 11 is 3.26. The van der Waals surface area contributed by atoms with Gasteiger partial charge in [-0.05, 0) is 25.1 Å². The van der Waals surface area contributed by atoms with E-state index in [2.05, 4.69) is 25.7 Å². The number of hydrogen-bond donors (Lipinski definition) is 1. The Hall–Kier alpha value is -1.89. The fourth-order valence-corrected chi connectivity index (χ4v) is 2.11. The monoisotopic (exact) mass is 327 g/mol. The SMILES string of the molecule is COC(=O)c1nc(C)n(-c2cc(Br)ccc2F)c1N. The lowest BCUT2D eigenvalue weighted by molar-refractivity contribution is 0.0596. The van der Waals surface area contributed by atoms with Gasteiger partial charge in [-0.3, -0.25) is 4.57 Å². The first-order valence-electron chi connectivity index (χ1n) is 5.34. The Balaban J connectivity index is 2.66. The van der Waals surface area contributed by atoms with Crippen LogP contribution in [0.3, 0.4) is 0 Å². The molecule has 19 heavy (non-hydrogen) atoms. The molecule has 0 atom stereocenters. The first-order chi connectivity index (χ1) is 8.95. The van der Waals surface area contributed by atoms with Crippen LogP contribution in [-0.4, -0.2) is 22.6 Å². The minimum absolute atomic E-state index is 0.0284. The van der Waals surface area contributed by atoms with E-state index < -0.39 is 11.8 Å². The smallest absolute Gasteiger partial charge is 0.360 e. The number of aryl methyl sites for hydroxylation is 1. The molecule has 0 aliphatic heterocycles. The number of halogens is 2. The van der Waals surface area contributed by atoms with Gasteiger partial charge in [-0.1, -0.05) is 15.9 Å². The van der Waals surface area contributed by atoms with Gasteiger partial charge in [0, 0.05) is 4.47 Å². The molecule has 0 spiro atoms. The highest BCUT2D eigenvalue weighted by Crippen LogP contribution is 2.25. The summed E-state index contributed by atoms with van der Waals surface area (Å²) in [5.41, 5.74) is 6.04. The Morgan fingerprint density at radius 3 is 2.84 bits per heavy atom. The summed E-state index contributed by atoms with van der Waals surface area (Å²) in [6, 6.07) is 4.43. The molecule has 0 fully saturated rings. The van der Waals surface area contributed by atoms with Crippen LogP contribution in [0, 0.1) is 12.7 Å². The molecular weight excluding hydrogens is 317 g/mol. The Bertz CT molecular complexity index is 655. The van der Waals surface area contributed by atoms with Gasteiger partial charge >= 0.3 is 5.97 Å². The maximum atomic E-state index is 13.9. The number of aromatic nitrogens is 2. The third-order valence-corrected chi connectivity index (χ3v) is 3.10. The van der Waals surface area contributed by atoms with E-state index in [0.717, 1.165) is 0 Å². The van der Waals surface area contributed by atoms with Gasteiger partial charge in [0.15, 0.2) is 5.69 Å². The molecule has 2 N–H and O–H groups in total. The van der Waals surface area contributed by atoms with Crippen LogP contribution < -0.4 is 5.73 Å². The highest BCUT2D eigenvalue weighted by Gasteiger charge is 2.21. The zero-order valence-corrected chi connectivity index (χ0v) is 11.9. The summed E-state index contributed by atoms with van der Waals surface area (Å²) in [5, 5.41) is 0. The number of carbonyl (C=O) groups is 1. The summed E-state index contributed by atoms with van der Waals surface area (Å²) < 4.78 is 20.5. The molecule has 0 unspecified atom stereocenters. The number of methoxy groups -OCH3 is 1. The van der Waals surface area contributed by atoms with Crippen molar-refractivity contribution in [2.24, 2.45) is 0 Å². The van der Waals surface area contributed by atoms with Crippen molar-refractivity contribution in [3.8, 4) is 5.69 Å². The van der Waals surface area contributed by atoms with Gasteiger partial charge in [0.25, 0.3) is 0 Å². The van der Waals surface area contributed by atoms with Gasteiger partial charge in [-0.25, -0.2) is 14.2 Å². The highest BCUT2D eigenvalue weighted by molar-refractivity contribution is 9.10. The second kappa shape index (κ2) is 5.00. The van der Waals surface area contributed by atoms with Gasteiger partial charge in [-0.2, -0.15) is 0 Å². The maximum Gasteiger partial charge on any atom is 0.360 e. The lowest BCUT2D eigenvalue weighted by Gasteiger charge is -2.09. The van der Waals surface area contributed by atoms with Crippen molar-refractivity contribution < 1.29 is 13.9 Å². The molecular formula is C12H11BrFN3O2. The molecule has 0 saturated carbocycles. The molecule has 2 rings (SSSR count). The van der Waals surface area contributed by atoms with Gasteiger partial charge in [0.05, 0.1) is 12.8 Å². The number of ether oxygens (including phenoxy) is 1. The molecule has 0 radical (unpaired) electrons. The Morgan fingerprint density at radius 2 is 2.21 bits per heavy atom. The van der Waals surface area contributed by atoms with Crippen LogP contribution in [0.25, 0.3) is 5.69 Å². The molecule has 1 aromatic carbocycles. The summed E-state index contributed by atoms with van der Waals surface area (Å²) in [6.07, 6.45) is 0. The van der Waals surface area contributed by atoms with E-state index in [1.54, 1.807) is 19.1 Å². The second-order valence-corrected chi connectivity index (χ2v) is 4.73. The van der Waals surface area contributed by atoms with Crippen molar-refractivity contribution in [3.05, 3.63) is 40.0 Å². The molecule has 0 aliphatic carbocycles. The normalized spacial score (nSPS) is 10.5. The third-order valence-electron chi connectivity index (χ3n) is 2.61. The zero-order chi connectivity index (χ0) is 14.2. The van der Waals surface area contributed by atoms with Gasteiger partial charge < -0.3 is 10.5 Å². The fraction of sp³-hybridized carbons (Fsp3) is 0.167. The molecule has 0 aliphatic rings. The molecule has 100 valence electrons. The number of carbonyl (C=O) groups excluding carboxylic acids is 1. The number of nitrogens with zero attached hydrogens (tertiary/aromatic N) is 2. The number of hydrogen-bond acceptors (Lipinski definition) is 4. The van der Waals surface area contributed by atoms with Crippen LogP contribution in [-0.2, 0) is 4.74 Å². The van der Waals surface area contributed by atoms with Crippen LogP contribution in [0.1, 0.15) is 16.3 Å². The van der Waals surface area contributed by atoms with Crippen molar-refractivity contribution in [3.63, 3.8) is 0 Å². The molecule has 0 bridgehead atoms. The maximum absolute atomic E-state index is 13.9. The van der Waals surface area contributed by atoms with Crippen LogP contribution in [0.4, 0.5) is 10.2 Å². The van der Waals surface area contributed by atoms with Crippen LogP contribution in [0.2, 0.25) is 0 Å². The Kier molecular flexibility index (Phi) is 3.57. The van der Waals surface area contributed by atoms with Crippen LogP contribution in [0.5, 0.6) is 0 Å². The van der Waals surface area contributed by atoms with E-state index in [9.17, 15) is 9.18 Å². The summed E-state index contributed by atoms with van der Waals surface area (Å²) in [4.78, 5) is 15.5. The molecule has 7 heteroatoms. The van der Waals surface area contributed by atoms with Crippen LogP contribution in [0.15, 0.2) is 22.7 Å². The Morgan fingerprint density at radius 1 is 1.53 bits per heavy atom. The van der Waals surface area contributed by atoms with E-state index in [1.165, 1.54) is 17.7 Å². The number of anilines is 1. The van der Waals surface area contributed by atoms with E-state index in [-0.39, 0.29) is 17.2 Å². The van der Waals surface area contributed by atoms with Crippen molar-refractivity contribution in [1.82, 2.24) is 9.55 Å².